The van der Waals surface area contributed by atoms with E-state index in [1.54, 1.807) is 32.2 Å². The van der Waals surface area contributed by atoms with Crippen LogP contribution in [-0.4, -0.2) is 47.2 Å². The normalized spacial score (nSPS) is 12.2. The minimum atomic E-state index is -3.70. The fraction of sp³-hybridized carbons (Fsp3) is 0.333. The molecule has 0 spiro atoms. The van der Waals surface area contributed by atoms with E-state index >= 15 is 0 Å². The summed E-state index contributed by atoms with van der Waals surface area (Å²) in [6.07, 6.45) is 1.53. The van der Waals surface area contributed by atoms with Gasteiger partial charge in [-0.1, -0.05) is 0 Å². The molecule has 0 aliphatic rings. The molecule has 1 aromatic carbocycles. The maximum Gasteiger partial charge on any atom is 0.279 e. The summed E-state index contributed by atoms with van der Waals surface area (Å²) >= 11 is 0. The van der Waals surface area contributed by atoms with Crippen molar-refractivity contribution in [3.8, 4) is 0 Å². The Morgan fingerprint density at radius 1 is 1.33 bits per heavy atom. The van der Waals surface area contributed by atoms with Gasteiger partial charge in [0.25, 0.3) is 10.0 Å². The van der Waals surface area contributed by atoms with Crippen LogP contribution in [0.25, 0.3) is 11.0 Å². The van der Waals surface area contributed by atoms with Crippen molar-refractivity contribution in [3.05, 3.63) is 35.8 Å². The maximum absolute atomic E-state index is 12.6. The number of anilines is 1. The molecule has 0 fully saturated rings. The Morgan fingerprint density at radius 2 is 2.08 bits per heavy atom. The lowest BCUT2D eigenvalue weighted by molar-refractivity contribution is 0.392. The van der Waals surface area contributed by atoms with Crippen LogP contribution in [0.3, 0.4) is 0 Å². The fourth-order valence-corrected chi connectivity index (χ4v) is 4.03. The molecule has 2 N–H and O–H groups in total. The molecule has 0 atom stereocenters. The number of H-pyrrole nitrogens is 1. The summed E-state index contributed by atoms with van der Waals surface area (Å²) in [5, 5.41) is 4.13. The Morgan fingerprint density at radius 3 is 2.71 bits per heavy atom. The van der Waals surface area contributed by atoms with Crippen molar-refractivity contribution in [2.45, 2.75) is 18.5 Å². The fourth-order valence-electron chi connectivity index (χ4n) is 2.63. The van der Waals surface area contributed by atoms with Crippen LogP contribution in [0.4, 0.5) is 5.69 Å². The second kappa shape index (κ2) is 5.91. The standard InChI is InChI=1S/C15H20N6O2S/c1-10-8-16-21(4)15(10)24(22,23)19-11-5-6-12-13(7-11)18-14(17-12)9-20(2)3/h5-8,19H,9H2,1-4H3,(H,17,18). The largest absolute Gasteiger partial charge is 0.341 e. The number of fused-ring (bicyclic) bond motifs is 1. The van der Waals surface area contributed by atoms with Crippen LogP contribution in [0, 0.1) is 6.92 Å². The average molecular weight is 348 g/mol. The highest BCUT2D eigenvalue weighted by molar-refractivity contribution is 7.92. The predicted octanol–water partition coefficient (Wildman–Crippen LogP) is 1.47. The van der Waals surface area contributed by atoms with Gasteiger partial charge in [0.15, 0.2) is 5.03 Å². The lowest BCUT2D eigenvalue weighted by Crippen LogP contribution is -2.17. The first-order chi connectivity index (χ1) is 11.3. The van der Waals surface area contributed by atoms with E-state index in [0.29, 0.717) is 17.8 Å². The molecule has 0 unspecified atom stereocenters. The smallest absolute Gasteiger partial charge is 0.279 e. The van der Waals surface area contributed by atoms with Gasteiger partial charge in [-0.25, -0.2) is 4.98 Å². The van der Waals surface area contributed by atoms with E-state index in [1.165, 1.54) is 10.9 Å². The number of hydrogen-bond donors (Lipinski definition) is 2. The summed E-state index contributed by atoms with van der Waals surface area (Å²) < 4.78 is 29.1. The third kappa shape index (κ3) is 3.13. The first-order valence-corrected chi connectivity index (χ1v) is 8.89. The summed E-state index contributed by atoms with van der Waals surface area (Å²) in [7, 11) is 1.82. The molecule has 0 amide bonds. The van der Waals surface area contributed by atoms with E-state index in [-0.39, 0.29) is 5.03 Å². The molecule has 9 heteroatoms. The Bertz CT molecular complexity index is 967. The molecular weight excluding hydrogens is 328 g/mol. The Kier molecular flexibility index (Phi) is 4.06. The van der Waals surface area contributed by atoms with E-state index < -0.39 is 10.0 Å². The van der Waals surface area contributed by atoms with Gasteiger partial charge < -0.3 is 9.88 Å². The van der Waals surface area contributed by atoms with Crippen molar-refractivity contribution in [1.29, 1.82) is 0 Å². The zero-order valence-corrected chi connectivity index (χ0v) is 14.8. The Labute approximate surface area is 140 Å². The predicted molar refractivity (Wildman–Crippen MR) is 92.2 cm³/mol. The van der Waals surface area contributed by atoms with Crippen molar-refractivity contribution in [2.75, 3.05) is 18.8 Å². The van der Waals surface area contributed by atoms with Crippen LogP contribution >= 0.6 is 0 Å². The molecule has 128 valence electrons. The number of benzene rings is 1. The molecule has 0 aliphatic heterocycles. The van der Waals surface area contributed by atoms with Crippen molar-refractivity contribution < 1.29 is 8.42 Å². The van der Waals surface area contributed by atoms with Gasteiger partial charge in [-0.3, -0.25) is 9.40 Å². The highest BCUT2D eigenvalue weighted by atomic mass is 32.2. The quantitative estimate of drug-likeness (QED) is 0.728. The van der Waals surface area contributed by atoms with Crippen LogP contribution < -0.4 is 4.72 Å². The van der Waals surface area contributed by atoms with Gasteiger partial charge in [0.05, 0.1) is 29.5 Å². The van der Waals surface area contributed by atoms with Gasteiger partial charge in [0.1, 0.15) is 5.82 Å². The molecule has 0 saturated carbocycles. The van der Waals surface area contributed by atoms with E-state index in [9.17, 15) is 8.42 Å². The zero-order valence-electron chi connectivity index (χ0n) is 14.0. The molecule has 0 bridgehead atoms. The number of hydrogen-bond acceptors (Lipinski definition) is 5. The molecule has 24 heavy (non-hydrogen) atoms. The maximum atomic E-state index is 12.6. The molecule has 3 aromatic rings. The molecule has 2 heterocycles. The molecule has 2 aromatic heterocycles. The number of imidazole rings is 1. The molecule has 3 rings (SSSR count). The Hall–Kier alpha value is -2.39. The van der Waals surface area contributed by atoms with E-state index in [0.717, 1.165) is 16.9 Å². The number of nitrogens with one attached hydrogen (secondary N) is 2. The number of aryl methyl sites for hydroxylation is 2. The molecule has 0 radical (unpaired) electrons. The topological polar surface area (TPSA) is 95.9 Å². The van der Waals surface area contributed by atoms with Gasteiger partial charge in [-0.15, -0.1) is 0 Å². The van der Waals surface area contributed by atoms with Crippen LogP contribution in [0.2, 0.25) is 0 Å². The first kappa shape index (κ1) is 16.5. The average Bonchev–Trinajstić information content (AvgIpc) is 3.00. The minimum Gasteiger partial charge on any atom is -0.341 e. The number of rotatable bonds is 5. The van der Waals surface area contributed by atoms with E-state index in [1.807, 2.05) is 19.0 Å². The van der Waals surface area contributed by atoms with Gasteiger partial charge in [0, 0.05) is 12.6 Å². The number of aromatic nitrogens is 4. The third-order valence-electron chi connectivity index (χ3n) is 3.56. The summed E-state index contributed by atoms with van der Waals surface area (Å²) in [6.45, 7) is 2.40. The second-order valence-electron chi connectivity index (χ2n) is 6.02. The number of nitrogens with zero attached hydrogens (tertiary/aromatic N) is 4. The molecule has 0 aliphatic carbocycles. The number of aromatic amines is 1. The van der Waals surface area contributed by atoms with Crippen molar-refractivity contribution in [2.24, 2.45) is 7.05 Å². The van der Waals surface area contributed by atoms with Gasteiger partial charge in [-0.2, -0.15) is 13.5 Å². The SMILES string of the molecule is Cc1cnn(C)c1S(=O)(=O)Nc1ccc2nc(CN(C)C)[nH]c2c1. The lowest BCUT2D eigenvalue weighted by Gasteiger charge is -2.09. The zero-order chi connectivity index (χ0) is 17.5. The van der Waals surface area contributed by atoms with Crippen molar-refractivity contribution >= 4 is 26.7 Å². The second-order valence-corrected chi connectivity index (χ2v) is 7.61. The third-order valence-corrected chi connectivity index (χ3v) is 5.16. The van der Waals surface area contributed by atoms with Gasteiger partial charge >= 0.3 is 0 Å². The molecular formula is C15H20N6O2S. The van der Waals surface area contributed by atoms with Gasteiger partial charge in [0.2, 0.25) is 0 Å². The van der Waals surface area contributed by atoms with E-state index in [4.69, 9.17) is 0 Å². The van der Waals surface area contributed by atoms with E-state index in [2.05, 4.69) is 19.8 Å². The molecule has 8 nitrogen and oxygen atoms in total. The minimum absolute atomic E-state index is 0.153. The van der Waals surface area contributed by atoms with Crippen LogP contribution in [0.5, 0.6) is 0 Å². The number of sulfonamides is 1. The Balaban J connectivity index is 1.92. The van der Waals surface area contributed by atoms with Gasteiger partial charge in [-0.05, 0) is 39.2 Å². The van der Waals surface area contributed by atoms with Crippen molar-refractivity contribution in [1.82, 2.24) is 24.6 Å². The van der Waals surface area contributed by atoms with Crippen LogP contribution in [0.1, 0.15) is 11.4 Å². The van der Waals surface area contributed by atoms with Crippen LogP contribution in [-0.2, 0) is 23.6 Å². The molecule has 0 saturated heterocycles. The highest BCUT2D eigenvalue weighted by Gasteiger charge is 2.21. The lowest BCUT2D eigenvalue weighted by atomic mass is 10.3. The first-order valence-electron chi connectivity index (χ1n) is 7.41. The summed E-state index contributed by atoms with van der Waals surface area (Å²) in [4.78, 5) is 9.69. The summed E-state index contributed by atoms with van der Waals surface area (Å²) in [5.41, 5.74) is 2.66. The monoisotopic (exact) mass is 348 g/mol. The summed E-state index contributed by atoms with van der Waals surface area (Å²) in [6, 6.07) is 5.23. The summed E-state index contributed by atoms with van der Waals surface area (Å²) in [5.74, 6) is 0.831. The van der Waals surface area contributed by atoms with Crippen molar-refractivity contribution in [3.63, 3.8) is 0 Å². The van der Waals surface area contributed by atoms with Crippen LogP contribution in [0.15, 0.2) is 29.4 Å². The highest BCUT2D eigenvalue weighted by Crippen LogP contribution is 2.22.